The molecule has 0 aliphatic carbocycles. The fourth-order valence-electron chi connectivity index (χ4n) is 0.613. The van der Waals surface area contributed by atoms with Gasteiger partial charge in [0, 0.05) is 0 Å². The minimum Gasteiger partial charge on any atom is -0.481 e. The zero-order chi connectivity index (χ0) is 9.84. The van der Waals surface area contributed by atoms with Gasteiger partial charge in [0.2, 0.25) is 5.91 Å². The zero-order valence-corrected chi connectivity index (χ0v) is 8.68. The molecule has 1 heterocycles. The Hall–Kier alpha value is -0.950. The lowest BCUT2D eigenvalue weighted by molar-refractivity contribution is -0.139. The number of aliphatic carboxylic acids is 1. The normalized spacial score (nSPS) is 9.62. The van der Waals surface area contributed by atoms with Gasteiger partial charge in [0.1, 0.15) is 6.42 Å². The van der Waals surface area contributed by atoms with Crippen LogP contribution in [-0.2, 0) is 9.59 Å². The van der Waals surface area contributed by atoms with Crippen molar-refractivity contribution in [3.63, 3.8) is 0 Å². The highest BCUT2D eigenvalue weighted by molar-refractivity contribution is 9.11. The lowest BCUT2D eigenvalue weighted by Gasteiger charge is -1.96. The number of nitrogens with zero attached hydrogens (tertiary/aromatic N) is 1. The van der Waals surface area contributed by atoms with E-state index in [4.69, 9.17) is 5.11 Å². The van der Waals surface area contributed by atoms with Crippen LogP contribution in [-0.4, -0.2) is 22.0 Å². The van der Waals surface area contributed by atoms with Gasteiger partial charge in [-0.1, -0.05) is 11.3 Å². The number of hydrogen-bond acceptors (Lipinski definition) is 4. The molecule has 2 N–H and O–H groups in total. The number of hydrogen-bond donors (Lipinski definition) is 2. The fraction of sp³-hybridized carbons (Fsp3) is 0.167. The molecule has 0 saturated heterocycles. The van der Waals surface area contributed by atoms with Crippen LogP contribution in [0.4, 0.5) is 5.13 Å². The predicted octanol–water partition coefficient (Wildman–Crippen LogP) is 1.32. The van der Waals surface area contributed by atoms with E-state index in [0.717, 1.165) is 3.79 Å². The molecule has 13 heavy (non-hydrogen) atoms. The standard InChI is InChI=1S/C6H5BrN2O3S/c7-3-2-8-6(13-3)9-4(10)1-5(11)12/h2H,1H2,(H,11,12)(H,8,9,10). The number of rotatable bonds is 3. The number of nitrogens with one attached hydrogen (secondary N) is 1. The van der Waals surface area contributed by atoms with Gasteiger partial charge in [0.15, 0.2) is 5.13 Å². The second-order valence-electron chi connectivity index (χ2n) is 2.09. The molecule has 7 heteroatoms. The monoisotopic (exact) mass is 264 g/mol. The molecule has 1 aromatic heterocycles. The molecule has 0 aliphatic rings. The fourth-order valence-corrected chi connectivity index (χ4v) is 1.74. The van der Waals surface area contributed by atoms with E-state index in [-0.39, 0.29) is 0 Å². The number of carboxylic acids is 1. The molecule has 1 rings (SSSR count). The summed E-state index contributed by atoms with van der Waals surface area (Å²) in [6, 6.07) is 0. The smallest absolute Gasteiger partial charge is 0.312 e. The van der Waals surface area contributed by atoms with Crippen LogP contribution < -0.4 is 5.32 Å². The molecule has 5 nitrogen and oxygen atoms in total. The Morgan fingerprint density at radius 1 is 1.69 bits per heavy atom. The maximum absolute atomic E-state index is 10.9. The largest absolute Gasteiger partial charge is 0.481 e. The topological polar surface area (TPSA) is 79.3 Å². The Morgan fingerprint density at radius 2 is 2.38 bits per heavy atom. The maximum Gasteiger partial charge on any atom is 0.312 e. The first-order chi connectivity index (χ1) is 6.08. The lowest BCUT2D eigenvalue weighted by atomic mass is 10.4. The van der Waals surface area contributed by atoms with Crippen LogP contribution in [0.1, 0.15) is 6.42 Å². The minimum atomic E-state index is -1.16. The molecule has 0 fully saturated rings. The third kappa shape index (κ3) is 3.51. The molecule has 0 aromatic carbocycles. The molecule has 0 spiro atoms. The van der Waals surface area contributed by atoms with Crippen LogP contribution in [0.15, 0.2) is 9.98 Å². The third-order valence-corrected chi connectivity index (χ3v) is 2.43. The highest BCUT2D eigenvalue weighted by Crippen LogP contribution is 2.22. The average molecular weight is 265 g/mol. The number of halogens is 1. The van der Waals surface area contributed by atoms with Gasteiger partial charge in [-0.25, -0.2) is 4.98 Å². The van der Waals surface area contributed by atoms with Gasteiger partial charge in [-0.05, 0) is 15.9 Å². The highest BCUT2D eigenvalue weighted by Gasteiger charge is 2.09. The second kappa shape index (κ2) is 4.33. The second-order valence-corrected chi connectivity index (χ2v) is 4.50. The predicted molar refractivity (Wildman–Crippen MR) is 50.7 cm³/mol. The van der Waals surface area contributed by atoms with Crippen LogP contribution >= 0.6 is 27.3 Å². The SMILES string of the molecule is O=C(O)CC(=O)Nc1ncc(Br)s1. The molecule has 1 aromatic rings. The Balaban J connectivity index is 2.50. The van der Waals surface area contributed by atoms with Gasteiger partial charge in [-0.3, -0.25) is 9.59 Å². The summed E-state index contributed by atoms with van der Waals surface area (Å²) >= 11 is 4.39. The highest BCUT2D eigenvalue weighted by atomic mass is 79.9. The van der Waals surface area contributed by atoms with E-state index < -0.39 is 18.3 Å². The van der Waals surface area contributed by atoms with Gasteiger partial charge in [-0.2, -0.15) is 0 Å². The summed E-state index contributed by atoms with van der Waals surface area (Å²) in [5.74, 6) is -1.73. The number of aromatic nitrogens is 1. The van der Waals surface area contributed by atoms with Crippen molar-refractivity contribution < 1.29 is 14.7 Å². The van der Waals surface area contributed by atoms with E-state index in [1.807, 2.05) is 0 Å². The Bertz CT molecular complexity index is 338. The van der Waals surface area contributed by atoms with Gasteiger partial charge < -0.3 is 10.4 Å². The van der Waals surface area contributed by atoms with Crippen molar-refractivity contribution in [2.24, 2.45) is 0 Å². The van der Waals surface area contributed by atoms with Crippen molar-refractivity contribution in [3.05, 3.63) is 9.98 Å². The summed E-state index contributed by atoms with van der Waals surface area (Å²) in [4.78, 5) is 24.8. The van der Waals surface area contributed by atoms with E-state index >= 15 is 0 Å². The van der Waals surface area contributed by atoms with Crippen LogP contribution in [0.5, 0.6) is 0 Å². The van der Waals surface area contributed by atoms with Crippen molar-refractivity contribution in [3.8, 4) is 0 Å². The average Bonchev–Trinajstić information content (AvgIpc) is 2.33. The molecular formula is C6H5BrN2O3S. The number of carboxylic acid groups (broad SMARTS) is 1. The first kappa shape index (κ1) is 10.1. The first-order valence-electron chi connectivity index (χ1n) is 3.21. The molecule has 0 radical (unpaired) electrons. The van der Waals surface area contributed by atoms with E-state index in [1.165, 1.54) is 17.5 Å². The van der Waals surface area contributed by atoms with Gasteiger partial charge in [0.25, 0.3) is 0 Å². The van der Waals surface area contributed by atoms with E-state index in [2.05, 4.69) is 26.2 Å². The molecule has 70 valence electrons. The van der Waals surface area contributed by atoms with Crippen molar-refractivity contribution in [2.75, 3.05) is 5.32 Å². The Labute approximate surface area is 85.9 Å². The van der Waals surface area contributed by atoms with Crippen molar-refractivity contribution in [1.82, 2.24) is 4.98 Å². The number of carbonyl (C=O) groups is 2. The summed E-state index contributed by atoms with van der Waals surface area (Å²) < 4.78 is 0.776. The molecule has 0 atom stereocenters. The summed E-state index contributed by atoms with van der Waals surface area (Å²) in [5.41, 5.74) is 0. The molecule has 0 aliphatic heterocycles. The van der Waals surface area contributed by atoms with Crippen LogP contribution in [0.25, 0.3) is 0 Å². The minimum absolute atomic E-state index is 0.387. The third-order valence-electron chi connectivity index (χ3n) is 1.04. The van der Waals surface area contributed by atoms with Gasteiger partial charge >= 0.3 is 5.97 Å². The van der Waals surface area contributed by atoms with Crippen LogP contribution in [0.3, 0.4) is 0 Å². The van der Waals surface area contributed by atoms with Gasteiger partial charge in [-0.15, -0.1) is 0 Å². The van der Waals surface area contributed by atoms with E-state index in [1.54, 1.807) is 0 Å². The van der Waals surface area contributed by atoms with Gasteiger partial charge in [0.05, 0.1) is 9.98 Å². The van der Waals surface area contributed by atoms with E-state index in [0.29, 0.717) is 5.13 Å². The number of thiazole rings is 1. The Morgan fingerprint density at radius 3 is 2.85 bits per heavy atom. The molecule has 0 saturated carbocycles. The molecular weight excluding hydrogens is 260 g/mol. The zero-order valence-electron chi connectivity index (χ0n) is 6.28. The molecule has 1 amide bonds. The quantitative estimate of drug-likeness (QED) is 0.808. The summed E-state index contributed by atoms with van der Waals surface area (Å²) in [6.45, 7) is 0. The maximum atomic E-state index is 10.9. The molecule has 0 bridgehead atoms. The number of carbonyl (C=O) groups excluding carboxylic acids is 1. The summed E-state index contributed by atoms with van der Waals surface area (Å²) in [6.07, 6.45) is 0.984. The Kier molecular flexibility index (Phi) is 3.38. The lowest BCUT2D eigenvalue weighted by Crippen LogP contribution is -2.15. The summed E-state index contributed by atoms with van der Waals surface area (Å²) in [7, 11) is 0. The van der Waals surface area contributed by atoms with Crippen LogP contribution in [0, 0.1) is 0 Å². The number of amides is 1. The number of anilines is 1. The van der Waals surface area contributed by atoms with Crippen molar-refractivity contribution in [1.29, 1.82) is 0 Å². The molecule has 0 unspecified atom stereocenters. The van der Waals surface area contributed by atoms with E-state index in [9.17, 15) is 9.59 Å². The summed E-state index contributed by atoms with van der Waals surface area (Å²) in [5, 5.41) is 11.0. The van der Waals surface area contributed by atoms with Crippen molar-refractivity contribution >= 4 is 44.3 Å². The van der Waals surface area contributed by atoms with Crippen LogP contribution in [0.2, 0.25) is 0 Å². The van der Waals surface area contributed by atoms with Crippen molar-refractivity contribution in [2.45, 2.75) is 6.42 Å². The first-order valence-corrected chi connectivity index (χ1v) is 4.82.